The normalized spacial score (nSPS) is 11.7. The average Bonchev–Trinajstić information content (AvgIpc) is 2.74. The van der Waals surface area contributed by atoms with Crippen molar-refractivity contribution in [1.29, 1.82) is 0 Å². The van der Waals surface area contributed by atoms with Gasteiger partial charge in [-0.3, -0.25) is 14.4 Å². The van der Waals surface area contributed by atoms with Crippen molar-refractivity contribution >= 4 is 36.7 Å². The molecule has 3 amide bonds. The van der Waals surface area contributed by atoms with Gasteiger partial charge in [-0.25, -0.2) is 0 Å². The van der Waals surface area contributed by atoms with Gasteiger partial charge in [-0.2, -0.15) is 0 Å². The standard InChI is InChI=1S/C20H41N3O5P2/c1-2-18(24)23-17(20(26)22-14-8-4-6-10-16-28-30)11-12-19(25)21-13-7-3-5-9-15-27-29/h17H,2-16,29-30H2,1H3,(H,21,25)(H,22,26)(H,23,24). The van der Waals surface area contributed by atoms with Crippen LogP contribution in [0.4, 0.5) is 0 Å². The van der Waals surface area contributed by atoms with E-state index in [1.165, 1.54) is 0 Å². The predicted molar refractivity (Wildman–Crippen MR) is 126 cm³/mol. The smallest absolute Gasteiger partial charge is 0.242 e. The summed E-state index contributed by atoms with van der Waals surface area (Å²) in [6.07, 6.45) is 8.76. The van der Waals surface area contributed by atoms with Crippen molar-refractivity contribution in [2.24, 2.45) is 0 Å². The fraction of sp³-hybridized carbons (Fsp3) is 0.850. The van der Waals surface area contributed by atoms with Gasteiger partial charge in [0.1, 0.15) is 6.04 Å². The molecule has 0 saturated heterocycles. The van der Waals surface area contributed by atoms with Crippen LogP contribution in [0.3, 0.4) is 0 Å². The molecule has 0 aliphatic carbocycles. The van der Waals surface area contributed by atoms with Gasteiger partial charge in [-0.1, -0.05) is 32.6 Å². The van der Waals surface area contributed by atoms with Gasteiger partial charge < -0.3 is 25.0 Å². The molecular formula is C20H41N3O5P2. The van der Waals surface area contributed by atoms with Crippen molar-refractivity contribution in [3.05, 3.63) is 0 Å². The molecule has 0 heterocycles. The van der Waals surface area contributed by atoms with E-state index in [9.17, 15) is 14.4 Å². The van der Waals surface area contributed by atoms with E-state index < -0.39 is 6.04 Å². The molecule has 0 radical (unpaired) electrons. The van der Waals surface area contributed by atoms with E-state index in [0.29, 0.717) is 25.9 Å². The summed E-state index contributed by atoms with van der Waals surface area (Å²) in [6.45, 7) is 4.38. The summed E-state index contributed by atoms with van der Waals surface area (Å²) in [4.78, 5) is 36.2. The molecule has 0 bridgehead atoms. The van der Waals surface area contributed by atoms with E-state index in [2.05, 4.69) is 34.9 Å². The lowest BCUT2D eigenvalue weighted by atomic mass is 10.1. The largest absolute Gasteiger partial charge is 0.366 e. The number of rotatable bonds is 20. The van der Waals surface area contributed by atoms with Crippen molar-refractivity contribution in [3.8, 4) is 0 Å². The molecule has 8 nitrogen and oxygen atoms in total. The van der Waals surface area contributed by atoms with Crippen molar-refractivity contribution in [2.75, 3.05) is 26.3 Å². The van der Waals surface area contributed by atoms with Crippen molar-refractivity contribution < 1.29 is 23.4 Å². The Kier molecular flexibility index (Phi) is 20.8. The number of nitrogens with one attached hydrogen (secondary N) is 3. The van der Waals surface area contributed by atoms with Crippen LogP contribution in [0.1, 0.15) is 77.6 Å². The maximum Gasteiger partial charge on any atom is 0.242 e. The van der Waals surface area contributed by atoms with Crippen LogP contribution in [0, 0.1) is 0 Å². The lowest BCUT2D eigenvalue weighted by Crippen LogP contribution is -2.47. The van der Waals surface area contributed by atoms with Gasteiger partial charge in [0.25, 0.3) is 0 Å². The Morgan fingerprint density at radius 2 is 1.30 bits per heavy atom. The number of unbranched alkanes of at least 4 members (excludes halogenated alkanes) is 6. The van der Waals surface area contributed by atoms with Gasteiger partial charge in [-0.05, 0) is 32.1 Å². The molecule has 0 rings (SSSR count). The molecule has 0 aliphatic heterocycles. The zero-order chi connectivity index (χ0) is 22.5. The first-order chi connectivity index (χ1) is 14.5. The second kappa shape index (κ2) is 21.4. The van der Waals surface area contributed by atoms with Crippen LogP contribution in [0.5, 0.6) is 0 Å². The maximum atomic E-state index is 12.4. The summed E-state index contributed by atoms with van der Waals surface area (Å²) in [5, 5.41) is 8.48. The monoisotopic (exact) mass is 465 g/mol. The third-order valence-corrected chi connectivity index (χ3v) is 5.10. The van der Waals surface area contributed by atoms with Crippen molar-refractivity contribution in [2.45, 2.75) is 83.6 Å². The predicted octanol–water partition coefficient (Wildman–Crippen LogP) is 2.63. The lowest BCUT2D eigenvalue weighted by molar-refractivity contribution is -0.129. The number of hydrogen-bond donors (Lipinski definition) is 3. The van der Waals surface area contributed by atoms with E-state index in [1.807, 2.05) is 0 Å². The summed E-state index contributed by atoms with van der Waals surface area (Å²) >= 11 is 0. The Balaban J connectivity index is 4.11. The highest BCUT2D eigenvalue weighted by Crippen LogP contribution is 2.04. The van der Waals surface area contributed by atoms with E-state index in [4.69, 9.17) is 9.05 Å². The number of hydrogen-bond acceptors (Lipinski definition) is 5. The molecule has 0 spiro atoms. The molecule has 0 aromatic rings. The molecule has 0 aromatic heterocycles. The summed E-state index contributed by atoms with van der Waals surface area (Å²) in [6, 6.07) is -0.680. The number of carbonyl (C=O) groups is 3. The molecule has 3 unspecified atom stereocenters. The Labute approximate surface area is 186 Å². The first kappa shape index (κ1) is 29.2. The van der Waals surface area contributed by atoms with E-state index in [1.54, 1.807) is 6.92 Å². The third-order valence-electron chi connectivity index (χ3n) is 4.63. The van der Waals surface area contributed by atoms with Crippen LogP contribution in [-0.2, 0) is 23.4 Å². The Hall–Kier alpha value is -0.810. The lowest BCUT2D eigenvalue weighted by Gasteiger charge is -2.18. The number of carbonyl (C=O) groups excluding carboxylic acids is 3. The van der Waals surface area contributed by atoms with Crippen molar-refractivity contribution in [1.82, 2.24) is 16.0 Å². The Morgan fingerprint density at radius 3 is 1.83 bits per heavy atom. The van der Waals surface area contributed by atoms with Gasteiger partial charge in [0, 0.05) is 44.9 Å². The van der Waals surface area contributed by atoms with Crippen LogP contribution in [0.2, 0.25) is 0 Å². The molecule has 0 aromatic carbocycles. The molecular weight excluding hydrogens is 424 g/mol. The fourth-order valence-corrected chi connectivity index (χ4v) is 3.15. The minimum atomic E-state index is -0.680. The molecule has 3 atom stereocenters. The second-order valence-electron chi connectivity index (χ2n) is 7.22. The highest BCUT2D eigenvalue weighted by molar-refractivity contribution is 7.10. The first-order valence-corrected chi connectivity index (χ1v) is 12.0. The second-order valence-corrected chi connectivity index (χ2v) is 7.89. The summed E-state index contributed by atoms with van der Waals surface area (Å²) in [5.41, 5.74) is 0. The molecule has 176 valence electrons. The van der Waals surface area contributed by atoms with E-state index >= 15 is 0 Å². The van der Waals surface area contributed by atoms with Crippen LogP contribution < -0.4 is 16.0 Å². The third kappa shape index (κ3) is 18.0. The van der Waals surface area contributed by atoms with Gasteiger partial charge in [0.05, 0.1) is 13.2 Å². The molecule has 30 heavy (non-hydrogen) atoms. The Bertz CT molecular complexity index is 470. The summed E-state index contributed by atoms with van der Waals surface area (Å²) in [5.74, 6) is -0.514. The van der Waals surface area contributed by atoms with Crippen LogP contribution in [0.15, 0.2) is 0 Å². The highest BCUT2D eigenvalue weighted by Gasteiger charge is 2.20. The maximum absolute atomic E-state index is 12.4. The Morgan fingerprint density at radius 1 is 0.767 bits per heavy atom. The van der Waals surface area contributed by atoms with Crippen molar-refractivity contribution in [3.63, 3.8) is 0 Å². The minimum absolute atomic E-state index is 0.0943. The molecule has 3 N–H and O–H groups in total. The van der Waals surface area contributed by atoms with Crippen LogP contribution >= 0.6 is 18.9 Å². The average molecular weight is 466 g/mol. The quantitative estimate of drug-likeness (QED) is 0.189. The zero-order valence-corrected chi connectivity index (χ0v) is 20.7. The fourth-order valence-electron chi connectivity index (χ4n) is 2.82. The van der Waals surface area contributed by atoms with Gasteiger partial charge in [0.2, 0.25) is 17.7 Å². The SMILES string of the molecule is CCC(=O)NC(CCC(=O)NCCCCCCOP)C(=O)NCCCCCCOP. The van der Waals surface area contributed by atoms with Gasteiger partial charge in [0.15, 0.2) is 0 Å². The topological polar surface area (TPSA) is 106 Å². The molecule has 10 heteroatoms. The van der Waals surface area contributed by atoms with Gasteiger partial charge in [-0.15, -0.1) is 0 Å². The molecule has 0 fully saturated rings. The minimum Gasteiger partial charge on any atom is -0.366 e. The summed E-state index contributed by atoms with van der Waals surface area (Å²) < 4.78 is 9.86. The molecule has 0 saturated carbocycles. The van der Waals surface area contributed by atoms with Crippen LogP contribution in [-0.4, -0.2) is 50.1 Å². The zero-order valence-electron chi connectivity index (χ0n) is 18.4. The molecule has 0 aliphatic rings. The van der Waals surface area contributed by atoms with E-state index in [0.717, 1.165) is 64.6 Å². The van der Waals surface area contributed by atoms with E-state index in [-0.39, 0.29) is 24.1 Å². The highest BCUT2D eigenvalue weighted by atomic mass is 31.0. The number of amides is 3. The summed E-state index contributed by atoms with van der Waals surface area (Å²) in [7, 11) is 4.48. The van der Waals surface area contributed by atoms with Gasteiger partial charge >= 0.3 is 0 Å². The van der Waals surface area contributed by atoms with Crippen LogP contribution in [0.25, 0.3) is 0 Å². The first-order valence-electron chi connectivity index (χ1n) is 11.0.